The van der Waals surface area contributed by atoms with Gasteiger partial charge in [-0.05, 0) is 48.5 Å². The molecule has 0 saturated heterocycles. The quantitative estimate of drug-likeness (QED) is 0.162. The van der Waals surface area contributed by atoms with Crippen LogP contribution in [0.5, 0.6) is 0 Å². The van der Waals surface area contributed by atoms with Gasteiger partial charge in [0.15, 0.2) is 28.9 Å². The standard InChI is InChI=1S/C30H8F12N8/c31-27(32,33)15-3-12(4-16(7-15)28(34,35)36)23-48-24(13-5-17(29(37,38)39)8-18(6-13)30(40,41)42)50-26(49-23)19-1-2-21-22(20(19)11-45)47-25(46-21)14(9-43)10-44/h1-8H. The summed E-state index contributed by atoms with van der Waals surface area (Å²) in [6, 6.07) is 7.04. The maximum Gasteiger partial charge on any atom is 0.416 e. The van der Waals surface area contributed by atoms with Gasteiger partial charge in [-0.15, -0.1) is 0 Å². The van der Waals surface area contributed by atoms with E-state index in [1.165, 1.54) is 12.1 Å². The normalized spacial score (nSPS) is 13.0. The van der Waals surface area contributed by atoms with Crippen LogP contribution in [0.25, 0.3) is 34.2 Å². The highest BCUT2D eigenvalue weighted by molar-refractivity contribution is 5.71. The zero-order valence-electron chi connectivity index (χ0n) is 23.7. The van der Waals surface area contributed by atoms with E-state index in [2.05, 4.69) is 24.9 Å². The molecule has 1 aromatic heterocycles. The maximum atomic E-state index is 13.7. The first-order chi connectivity index (χ1) is 23.1. The molecule has 252 valence electrons. The first-order valence-electron chi connectivity index (χ1n) is 13.0. The van der Waals surface area contributed by atoms with Crippen molar-refractivity contribution in [2.45, 2.75) is 24.7 Å². The van der Waals surface area contributed by atoms with Crippen molar-refractivity contribution in [3.05, 3.63) is 98.5 Å². The Labute approximate surface area is 269 Å². The predicted octanol–water partition coefficient (Wildman–Crippen LogP) is 7.33. The van der Waals surface area contributed by atoms with Crippen LogP contribution < -0.4 is 10.7 Å². The first kappa shape index (κ1) is 35.0. The number of aromatic nitrogens is 3. The molecule has 50 heavy (non-hydrogen) atoms. The van der Waals surface area contributed by atoms with Gasteiger partial charge in [-0.2, -0.15) is 68.5 Å². The number of alkyl halides is 12. The third-order valence-corrected chi connectivity index (χ3v) is 6.73. The van der Waals surface area contributed by atoms with E-state index in [0.717, 1.165) is 12.1 Å². The molecule has 0 spiro atoms. The van der Waals surface area contributed by atoms with Crippen molar-refractivity contribution in [3.63, 3.8) is 0 Å². The van der Waals surface area contributed by atoms with E-state index in [1.54, 1.807) is 6.07 Å². The molecule has 20 heteroatoms. The van der Waals surface area contributed by atoms with Crippen molar-refractivity contribution in [1.29, 1.82) is 15.8 Å². The van der Waals surface area contributed by atoms with Crippen LogP contribution >= 0.6 is 0 Å². The van der Waals surface area contributed by atoms with Gasteiger partial charge in [0.2, 0.25) is 0 Å². The SMILES string of the molecule is N#CC(C#N)=C1N=c2ccc(-c3nc(-c4cc(C(F)(F)F)cc(C(F)(F)F)c4)nc(-c4cc(C(F)(F)F)cc(C(F)(F)F)c4)n3)c(C#N)c2=N1. The van der Waals surface area contributed by atoms with E-state index in [1.807, 2.05) is 0 Å². The molecule has 0 fully saturated rings. The summed E-state index contributed by atoms with van der Waals surface area (Å²) in [6.45, 7) is 0. The van der Waals surface area contributed by atoms with Crippen LogP contribution in [0.4, 0.5) is 52.7 Å². The number of allylic oxidation sites excluding steroid dienone is 1. The molecule has 0 unspecified atom stereocenters. The van der Waals surface area contributed by atoms with Crippen molar-refractivity contribution in [2.24, 2.45) is 9.98 Å². The van der Waals surface area contributed by atoms with Gasteiger partial charge >= 0.3 is 24.7 Å². The molecule has 8 nitrogen and oxygen atoms in total. The second-order valence-corrected chi connectivity index (χ2v) is 10.0. The number of halogens is 12. The number of fused-ring (bicyclic) bond motifs is 1. The van der Waals surface area contributed by atoms with Crippen molar-refractivity contribution in [3.8, 4) is 52.4 Å². The zero-order chi connectivity index (χ0) is 37.0. The average molecular weight is 708 g/mol. The smallest absolute Gasteiger partial charge is 0.225 e. The molecule has 1 aliphatic heterocycles. The lowest BCUT2D eigenvalue weighted by atomic mass is 10.0. The van der Waals surface area contributed by atoms with Gasteiger partial charge < -0.3 is 0 Å². The molecule has 0 atom stereocenters. The van der Waals surface area contributed by atoms with Crippen LogP contribution in [0.15, 0.2) is 69.9 Å². The van der Waals surface area contributed by atoms with Gasteiger partial charge in [0, 0.05) is 16.7 Å². The lowest BCUT2D eigenvalue weighted by molar-refractivity contribution is -0.144. The summed E-state index contributed by atoms with van der Waals surface area (Å²) in [5.41, 5.74) is -11.0. The average Bonchev–Trinajstić information content (AvgIpc) is 3.46. The minimum Gasteiger partial charge on any atom is -0.225 e. The molecule has 0 bridgehead atoms. The molecule has 0 N–H and O–H groups in total. The Hall–Kier alpha value is -6.36. The Balaban J connectivity index is 1.90. The second kappa shape index (κ2) is 12.0. The Kier molecular flexibility index (Phi) is 8.36. The molecule has 0 aliphatic carbocycles. The molecule has 0 radical (unpaired) electrons. The van der Waals surface area contributed by atoms with Gasteiger partial charge in [-0.25, -0.2) is 24.9 Å². The molecular formula is C30H8F12N8. The number of nitrogens with zero attached hydrogens (tertiary/aromatic N) is 8. The van der Waals surface area contributed by atoms with Crippen LogP contribution in [0.1, 0.15) is 27.8 Å². The minimum absolute atomic E-state index is 0.0989. The van der Waals surface area contributed by atoms with Crippen molar-refractivity contribution in [1.82, 2.24) is 15.0 Å². The van der Waals surface area contributed by atoms with Gasteiger partial charge in [-0.1, -0.05) is 0 Å². The third kappa shape index (κ3) is 6.79. The molecule has 3 aromatic carbocycles. The summed E-state index contributed by atoms with van der Waals surface area (Å²) in [6.07, 6.45) is -21.5. The van der Waals surface area contributed by atoms with Gasteiger partial charge in [0.1, 0.15) is 23.6 Å². The number of hydrogen-bond acceptors (Lipinski definition) is 8. The number of hydrogen-bond donors (Lipinski definition) is 0. The van der Waals surface area contributed by atoms with Gasteiger partial charge in [0.25, 0.3) is 0 Å². The van der Waals surface area contributed by atoms with E-state index in [0.29, 0.717) is 0 Å². The number of rotatable bonds is 3. The number of nitriles is 3. The topological polar surface area (TPSA) is 135 Å². The molecule has 0 amide bonds. The maximum absolute atomic E-state index is 13.7. The summed E-state index contributed by atoms with van der Waals surface area (Å²) in [5.74, 6) is -3.40. The van der Waals surface area contributed by atoms with E-state index in [-0.39, 0.29) is 47.1 Å². The largest absolute Gasteiger partial charge is 0.416 e. The van der Waals surface area contributed by atoms with Crippen molar-refractivity contribution < 1.29 is 52.7 Å². The Morgan fingerprint density at radius 3 is 1.28 bits per heavy atom. The van der Waals surface area contributed by atoms with Gasteiger partial charge in [0.05, 0.1) is 33.2 Å². The minimum atomic E-state index is -5.38. The predicted molar refractivity (Wildman–Crippen MR) is 141 cm³/mol. The van der Waals surface area contributed by atoms with Crippen LogP contribution in [-0.2, 0) is 24.7 Å². The molecule has 1 aliphatic rings. The second-order valence-electron chi connectivity index (χ2n) is 10.0. The fourth-order valence-electron chi connectivity index (χ4n) is 4.49. The summed E-state index contributed by atoms with van der Waals surface area (Å²) in [5, 5.41) is 27.9. The molecule has 0 saturated carbocycles. The summed E-state index contributed by atoms with van der Waals surface area (Å²) in [7, 11) is 0. The van der Waals surface area contributed by atoms with Crippen LogP contribution in [0.3, 0.4) is 0 Å². The fraction of sp³-hybridized carbons (Fsp3) is 0.133. The lowest BCUT2D eigenvalue weighted by Gasteiger charge is -2.16. The fourth-order valence-corrected chi connectivity index (χ4v) is 4.49. The highest BCUT2D eigenvalue weighted by Crippen LogP contribution is 2.41. The number of benzene rings is 3. The van der Waals surface area contributed by atoms with E-state index < -0.39 is 98.1 Å². The van der Waals surface area contributed by atoms with Crippen molar-refractivity contribution in [2.75, 3.05) is 0 Å². The van der Waals surface area contributed by atoms with E-state index >= 15 is 0 Å². The lowest BCUT2D eigenvalue weighted by Crippen LogP contribution is -2.25. The van der Waals surface area contributed by atoms with Crippen LogP contribution in [0, 0.1) is 34.0 Å². The molecule has 4 aromatic rings. The van der Waals surface area contributed by atoms with Crippen molar-refractivity contribution >= 4 is 0 Å². The molecule has 5 rings (SSSR count). The summed E-state index contributed by atoms with van der Waals surface area (Å²) >= 11 is 0. The van der Waals surface area contributed by atoms with Crippen LogP contribution in [0.2, 0.25) is 0 Å². The highest BCUT2D eigenvalue weighted by Gasteiger charge is 2.39. The zero-order valence-corrected chi connectivity index (χ0v) is 23.7. The third-order valence-electron chi connectivity index (χ3n) is 6.73. The van der Waals surface area contributed by atoms with E-state index in [9.17, 15) is 57.9 Å². The van der Waals surface area contributed by atoms with E-state index in [4.69, 9.17) is 10.5 Å². The van der Waals surface area contributed by atoms with Gasteiger partial charge in [-0.3, -0.25) is 0 Å². The Morgan fingerprint density at radius 2 is 0.920 bits per heavy atom. The Morgan fingerprint density at radius 1 is 0.520 bits per heavy atom. The highest BCUT2D eigenvalue weighted by atomic mass is 19.4. The molecule has 2 heterocycles. The monoisotopic (exact) mass is 708 g/mol. The first-order valence-corrected chi connectivity index (χ1v) is 13.0. The summed E-state index contributed by atoms with van der Waals surface area (Å²) in [4.78, 5) is 19.3. The van der Waals surface area contributed by atoms with Crippen LogP contribution in [-0.4, -0.2) is 15.0 Å². The summed E-state index contributed by atoms with van der Waals surface area (Å²) < 4.78 is 164. The Bertz CT molecular complexity index is 2190. The molecular weight excluding hydrogens is 700 g/mol.